The van der Waals surface area contributed by atoms with Crippen molar-refractivity contribution in [3.63, 3.8) is 0 Å². The fourth-order valence-corrected chi connectivity index (χ4v) is 5.32. The molecule has 0 unspecified atom stereocenters. The Bertz CT molecular complexity index is 879. The number of aromatic nitrogens is 3. The number of rotatable bonds is 3. The van der Waals surface area contributed by atoms with Crippen LogP contribution in [0.15, 0.2) is 29.2 Å². The minimum Gasteiger partial charge on any atom is -0.312 e. The number of nitrogens with one attached hydrogen (secondary N) is 1. The lowest BCUT2D eigenvalue weighted by Crippen LogP contribution is -2.38. The minimum atomic E-state index is -3.50. The van der Waals surface area contributed by atoms with E-state index in [1.165, 1.54) is 6.07 Å². The Kier molecular flexibility index (Phi) is 5.88. The van der Waals surface area contributed by atoms with Crippen molar-refractivity contribution in [1.82, 2.24) is 24.4 Å². The third kappa shape index (κ3) is 3.61. The smallest absolute Gasteiger partial charge is 0.243 e. The van der Waals surface area contributed by atoms with Crippen LogP contribution in [-0.2, 0) is 23.1 Å². The third-order valence-electron chi connectivity index (χ3n) is 4.90. The average molecular weight is 418 g/mol. The maximum atomic E-state index is 12.8. The fraction of sp³-hybridized carbons (Fsp3) is 0.500. The second-order valence-corrected chi connectivity index (χ2v) is 8.81. The van der Waals surface area contributed by atoms with Crippen molar-refractivity contribution in [2.24, 2.45) is 0 Å². The van der Waals surface area contributed by atoms with Crippen LogP contribution >= 0.6 is 24.0 Å². The number of hydrogen-bond donors (Lipinski definition) is 1. The fourth-order valence-electron chi connectivity index (χ4n) is 3.55. The Morgan fingerprint density at radius 1 is 1.15 bits per heavy atom. The molecule has 1 saturated heterocycles. The molecule has 0 bridgehead atoms. The predicted octanol–water partition coefficient (Wildman–Crippen LogP) is 2.02. The van der Waals surface area contributed by atoms with Gasteiger partial charge in [0.2, 0.25) is 10.0 Å². The molecule has 0 atom stereocenters. The van der Waals surface area contributed by atoms with Gasteiger partial charge < -0.3 is 9.88 Å². The number of sulfonamides is 1. The van der Waals surface area contributed by atoms with E-state index < -0.39 is 10.0 Å². The van der Waals surface area contributed by atoms with Crippen LogP contribution in [-0.4, -0.2) is 47.1 Å². The molecule has 10 heteroatoms. The zero-order chi connectivity index (χ0) is 17.4. The molecule has 3 heterocycles. The van der Waals surface area contributed by atoms with Crippen molar-refractivity contribution in [3.8, 4) is 0 Å². The molecule has 2 aliphatic heterocycles. The van der Waals surface area contributed by atoms with Crippen molar-refractivity contribution < 1.29 is 8.42 Å². The van der Waals surface area contributed by atoms with E-state index in [4.69, 9.17) is 11.6 Å². The van der Waals surface area contributed by atoms with Gasteiger partial charge in [-0.3, -0.25) is 0 Å². The Morgan fingerprint density at radius 3 is 2.65 bits per heavy atom. The summed E-state index contributed by atoms with van der Waals surface area (Å²) >= 11 is 5.94. The van der Waals surface area contributed by atoms with Gasteiger partial charge in [0.1, 0.15) is 11.6 Å². The lowest BCUT2D eigenvalue weighted by molar-refractivity contribution is 0.307. The van der Waals surface area contributed by atoms with Crippen molar-refractivity contribution in [2.75, 3.05) is 19.6 Å². The summed E-state index contributed by atoms with van der Waals surface area (Å²) in [7, 11) is -3.50. The zero-order valence-corrected chi connectivity index (χ0v) is 16.5. The highest BCUT2D eigenvalue weighted by atomic mass is 35.5. The molecule has 1 fully saturated rings. The second-order valence-electron chi connectivity index (χ2n) is 6.44. The van der Waals surface area contributed by atoms with Gasteiger partial charge in [-0.1, -0.05) is 17.7 Å². The van der Waals surface area contributed by atoms with Gasteiger partial charge in [0.05, 0.1) is 11.4 Å². The van der Waals surface area contributed by atoms with Gasteiger partial charge >= 0.3 is 0 Å². The molecule has 4 rings (SSSR count). The Labute approximate surface area is 164 Å². The van der Waals surface area contributed by atoms with Crippen LogP contribution in [0.3, 0.4) is 0 Å². The van der Waals surface area contributed by atoms with Crippen LogP contribution in [0, 0.1) is 0 Å². The highest BCUT2D eigenvalue weighted by molar-refractivity contribution is 7.89. The molecule has 0 amide bonds. The van der Waals surface area contributed by atoms with Crippen LogP contribution in [0.2, 0.25) is 5.02 Å². The number of fused-ring (bicyclic) bond motifs is 1. The SMILES string of the molecule is Cl.O=S(=O)(c1cccc(Cl)c1)N1CCC(c2nnc3n2CCNC3)CC1. The summed E-state index contributed by atoms with van der Waals surface area (Å²) in [6.45, 7) is 3.51. The van der Waals surface area contributed by atoms with Crippen molar-refractivity contribution in [3.05, 3.63) is 40.9 Å². The largest absolute Gasteiger partial charge is 0.312 e. The number of benzene rings is 1. The maximum Gasteiger partial charge on any atom is 0.243 e. The van der Waals surface area contributed by atoms with Crippen molar-refractivity contribution in [2.45, 2.75) is 36.7 Å². The molecule has 0 aliphatic carbocycles. The summed E-state index contributed by atoms with van der Waals surface area (Å²) in [4.78, 5) is 0.254. The van der Waals surface area contributed by atoms with Crippen LogP contribution in [0.25, 0.3) is 0 Å². The average Bonchev–Trinajstić information content (AvgIpc) is 3.06. The molecule has 0 spiro atoms. The summed E-state index contributed by atoms with van der Waals surface area (Å²) < 4.78 is 29.3. The zero-order valence-electron chi connectivity index (χ0n) is 14.1. The topological polar surface area (TPSA) is 80.1 Å². The summed E-state index contributed by atoms with van der Waals surface area (Å²) in [5.41, 5.74) is 0. The van der Waals surface area contributed by atoms with E-state index in [1.54, 1.807) is 22.5 Å². The molecule has 2 aromatic rings. The molecule has 0 saturated carbocycles. The molecule has 0 radical (unpaired) electrons. The summed E-state index contributed by atoms with van der Waals surface area (Å²) in [5, 5.41) is 12.3. The van der Waals surface area contributed by atoms with Gasteiger partial charge in [0, 0.05) is 37.1 Å². The Balaban J connectivity index is 0.00000196. The van der Waals surface area contributed by atoms with Crippen molar-refractivity contribution >= 4 is 34.0 Å². The molecule has 142 valence electrons. The first-order chi connectivity index (χ1) is 12.1. The first-order valence-electron chi connectivity index (χ1n) is 8.44. The Morgan fingerprint density at radius 2 is 1.92 bits per heavy atom. The number of hydrogen-bond acceptors (Lipinski definition) is 5. The van der Waals surface area contributed by atoms with Crippen molar-refractivity contribution in [1.29, 1.82) is 0 Å². The first kappa shape index (κ1) is 19.6. The predicted molar refractivity (Wildman–Crippen MR) is 101 cm³/mol. The molecule has 7 nitrogen and oxygen atoms in total. The quantitative estimate of drug-likeness (QED) is 0.825. The number of nitrogens with zero attached hydrogens (tertiary/aromatic N) is 4. The van der Waals surface area contributed by atoms with E-state index in [0.717, 1.165) is 44.1 Å². The molecule has 1 N–H and O–H groups in total. The van der Waals surface area contributed by atoms with Crippen LogP contribution in [0.1, 0.15) is 30.4 Å². The summed E-state index contributed by atoms with van der Waals surface area (Å²) in [6, 6.07) is 6.44. The standard InChI is InChI=1S/C16H20ClN5O2S.ClH/c17-13-2-1-3-14(10-13)25(23,24)21-7-4-12(5-8-21)16-20-19-15-11-18-6-9-22(15)16;/h1-3,10,12,18H,4-9,11H2;1H. The van der Waals surface area contributed by atoms with Crippen LogP contribution in [0.5, 0.6) is 0 Å². The number of halogens is 2. The molecular weight excluding hydrogens is 397 g/mol. The monoisotopic (exact) mass is 417 g/mol. The van der Waals surface area contributed by atoms with Gasteiger partial charge in [0.15, 0.2) is 0 Å². The van der Waals surface area contributed by atoms with E-state index in [1.807, 2.05) is 0 Å². The summed E-state index contributed by atoms with van der Waals surface area (Å²) in [5.74, 6) is 2.22. The normalized spacial score (nSPS) is 19.0. The van der Waals surface area contributed by atoms with E-state index in [0.29, 0.717) is 18.1 Å². The first-order valence-corrected chi connectivity index (χ1v) is 10.3. The molecule has 1 aromatic carbocycles. The molecular formula is C16H21Cl2N5O2S. The lowest BCUT2D eigenvalue weighted by Gasteiger charge is -2.31. The van der Waals surface area contributed by atoms with Gasteiger partial charge in [-0.15, -0.1) is 22.6 Å². The van der Waals surface area contributed by atoms with E-state index in [9.17, 15) is 8.42 Å². The third-order valence-corrected chi connectivity index (χ3v) is 7.03. The van der Waals surface area contributed by atoms with Gasteiger partial charge in [0.25, 0.3) is 0 Å². The van der Waals surface area contributed by atoms with E-state index in [-0.39, 0.29) is 23.2 Å². The lowest BCUT2D eigenvalue weighted by atomic mass is 9.97. The highest BCUT2D eigenvalue weighted by Gasteiger charge is 2.32. The highest BCUT2D eigenvalue weighted by Crippen LogP contribution is 2.31. The molecule has 1 aromatic heterocycles. The minimum absolute atomic E-state index is 0. The van der Waals surface area contributed by atoms with E-state index >= 15 is 0 Å². The second kappa shape index (κ2) is 7.82. The van der Waals surface area contributed by atoms with Crippen LogP contribution < -0.4 is 5.32 Å². The van der Waals surface area contributed by atoms with Gasteiger partial charge in [-0.25, -0.2) is 8.42 Å². The maximum absolute atomic E-state index is 12.8. The van der Waals surface area contributed by atoms with Gasteiger partial charge in [-0.2, -0.15) is 4.31 Å². The summed E-state index contributed by atoms with van der Waals surface area (Å²) in [6.07, 6.45) is 1.51. The Hall–Kier alpha value is -1.19. The molecule has 2 aliphatic rings. The van der Waals surface area contributed by atoms with Gasteiger partial charge in [-0.05, 0) is 31.0 Å². The van der Waals surface area contributed by atoms with Crippen LogP contribution in [0.4, 0.5) is 0 Å². The number of piperidine rings is 1. The molecule has 26 heavy (non-hydrogen) atoms. The van der Waals surface area contributed by atoms with E-state index in [2.05, 4.69) is 20.1 Å².